The fourth-order valence-electron chi connectivity index (χ4n) is 4.50. The maximum atomic E-state index is 13.1. The number of fused-ring (bicyclic) bond motifs is 1. The highest BCUT2D eigenvalue weighted by Gasteiger charge is 2.50. The van der Waals surface area contributed by atoms with Gasteiger partial charge in [-0.25, -0.2) is 0 Å². The molecular formula is C19H23N3O2S. The van der Waals surface area contributed by atoms with Crippen LogP contribution in [0.15, 0.2) is 17.5 Å². The fraction of sp³-hybridized carbons (Fsp3) is 0.579. The molecule has 0 aromatic carbocycles. The van der Waals surface area contributed by atoms with E-state index in [1.54, 1.807) is 11.3 Å². The van der Waals surface area contributed by atoms with E-state index in [1.807, 2.05) is 22.4 Å². The topological polar surface area (TPSA) is 56.4 Å². The normalized spacial score (nSPS) is 27.0. The second kappa shape index (κ2) is 5.59. The average Bonchev–Trinajstić information content (AvgIpc) is 2.99. The van der Waals surface area contributed by atoms with E-state index in [9.17, 15) is 9.59 Å². The number of piperidine rings is 1. The van der Waals surface area contributed by atoms with Crippen LogP contribution in [0, 0.1) is 11.3 Å². The first-order valence-corrected chi connectivity index (χ1v) is 10.2. The van der Waals surface area contributed by atoms with Crippen LogP contribution in [0.2, 0.25) is 0 Å². The van der Waals surface area contributed by atoms with Gasteiger partial charge in [-0.3, -0.25) is 9.59 Å². The molecule has 1 spiro atoms. The Morgan fingerprint density at radius 2 is 2.20 bits per heavy atom. The number of nitrogens with one attached hydrogen (secondary N) is 1. The minimum Gasteiger partial charge on any atom is -0.350 e. The van der Waals surface area contributed by atoms with Crippen LogP contribution >= 0.6 is 11.3 Å². The van der Waals surface area contributed by atoms with Gasteiger partial charge in [0.25, 0.3) is 5.91 Å². The van der Waals surface area contributed by atoms with Crippen LogP contribution in [0.4, 0.5) is 0 Å². The molecule has 1 aliphatic carbocycles. The van der Waals surface area contributed by atoms with E-state index in [0.29, 0.717) is 24.7 Å². The molecule has 3 fully saturated rings. The predicted molar refractivity (Wildman–Crippen MR) is 97.7 cm³/mol. The number of likely N-dealkylation sites (tertiary alicyclic amines) is 2. The number of nitrogens with zero attached hydrogens (tertiary/aromatic N) is 2. The van der Waals surface area contributed by atoms with E-state index < -0.39 is 0 Å². The zero-order valence-corrected chi connectivity index (χ0v) is 15.1. The van der Waals surface area contributed by atoms with Gasteiger partial charge in [0, 0.05) is 26.2 Å². The SMILES string of the molecule is O=C(c1cc2sccc2[nH]1)N1CC[C@@]2(CCCN(CC3CC3)C2=O)C1. The van der Waals surface area contributed by atoms with E-state index in [0.717, 1.165) is 48.5 Å². The molecule has 2 aliphatic heterocycles. The standard InChI is InChI=1S/C19H23N3O2S/c23-17(15-10-16-14(20-15)4-9-25-16)22-8-6-19(12-22)5-1-7-21(18(19)24)11-13-2-3-13/h4,9-10,13,20H,1-3,5-8,11-12H2/t19-/m0/s1. The molecule has 1 atom stereocenters. The summed E-state index contributed by atoms with van der Waals surface area (Å²) in [7, 11) is 0. The Kier molecular flexibility index (Phi) is 3.45. The van der Waals surface area contributed by atoms with Gasteiger partial charge in [0.1, 0.15) is 5.69 Å². The Morgan fingerprint density at radius 3 is 3.00 bits per heavy atom. The molecule has 0 unspecified atom stereocenters. The lowest BCUT2D eigenvalue weighted by Gasteiger charge is -2.39. The van der Waals surface area contributed by atoms with Crippen molar-refractivity contribution in [3.63, 3.8) is 0 Å². The quantitative estimate of drug-likeness (QED) is 0.918. The maximum absolute atomic E-state index is 13.1. The Morgan fingerprint density at radius 1 is 1.32 bits per heavy atom. The van der Waals surface area contributed by atoms with E-state index in [2.05, 4.69) is 9.88 Å². The molecule has 1 saturated carbocycles. The predicted octanol–water partition coefficient (Wildman–Crippen LogP) is 3.09. The highest BCUT2D eigenvalue weighted by atomic mass is 32.1. The Balaban J connectivity index is 1.33. The number of amides is 2. The summed E-state index contributed by atoms with van der Waals surface area (Å²) in [6.07, 6.45) is 5.35. The van der Waals surface area contributed by atoms with Crippen LogP contribution in [0.5, 0.6) is 0 Å². The molecule has 2 aromatic heterocycles. The number of hydrogen-bond donors (Lipinski definition) is 1. The minimum absolute atomic E-state index is 0.0346. The monoisotopic (exact) mass is 357 g/mol. The van der Waals surface area contributed by atoms with E-state index in [4.69, 9.17) is 0 Å². The number of H-pyrrole nitrogens is 1. The smallest absolute Gasteiger partial charge is 0.270 e. The van der Waals surface area contributed by atoms with Crippen molar-refractivity contribution in [3.8, 4) is 0 Å². The second-order valence-electron chi connectivity index (χ2n) is 7.94. The zero-order valence-electron chi connectivity index (χ0n) is 14.3. The third kappa shape index (κ3) is 2.58. The van der Waals surface area contributed by atoms with Gasteiger partial charge >= 0.3 is 0 Å². The molecule has 2 aromatic rings. The summed E-state index contributed by atoms with van der Waals surface area (Å²) < 4.78 is 1.11. The molecule has 25 heavy (non-hydrogen) atoms. The van der Waals surface area contributed by atoms with Crippen molar-refractivity contribution in [1.82, 2.24) is 14.8 Å². The van der Waals surface area contributed by atoms with Gasteiger partial charge < -0.3 is 14.8 Å². The number of rotatable bonds is 3. The first kappa shape index (κ1) is 15.4. The number of aromatic amines is 1. The molecular weight excluding hydrogens is 334 g/mol. The molecule has 132 valence electrons. The maximum Gasteiger partial charge on any atom is 0.270 e. The van der Waals surface area contributed by atoms with E-state index in [-0.39, 0.29) is 11.3 Å². The summed E-state index contributed by atoms with van der Waals surface area (Å²) in [5, 5.41) is 2.02. The van der Waals surface area contributed by atoms with Crippen molar-refractivity contribution in [1.29, 1.82) is 0 Å². The van der Waals surface area contributed by atoms with Gasteiger partial charge in [0.05, 0.1) is 15.6 Å². The third-order valence-electron chi connectivity index (χ3n) is 6.11. The highest BCUT2D eigenvalue weighted by Crippen LogP contribution is 2.42. The summed E-state index contributed by atoms with van der Waals surface area (Å²) in [5.74, 6) is 1.06. The zero-order chi connectivity index (χ0) is 17.0. The van der Waals surface area contributed by atoms with Gasteiger partial charge in [0.15, 0.2) is 0 Å². The molecule has 2 amide bonds. The molecule has 0 radical (unpaired) electrons. The molecule has 5 rings (SSSR count). The van der Waals surface area contributed by atoms with Crippen LogP contribution < -0.4 is 0 Å². The molecule has 6 heteroatoms. The van der Waals surface area contributed by atoms with Crippen LogP contribution in [0.1, 0.15) is 42.6 Å². The van der Waals surface area contributed by atoms with Crippen LogP contribution in [-0.4, -0.2) is 52.8 Å². The first-order valence-electron chi connectivity index (χ1n) is 9.29. The number of thiophene rings is 1. The van der Waals surface area contributed by atoms with Crippen molar-refractivity contribution in [3.05, 3.63) is 23.2 Å². The Bertz CT molecular complexity index is 808. The number of hydrogen-bond acceptors (Lipinski definition) is 3. The summed E-state index contributed by atoms with van der Waals surface area (Å²) in [4.78, 5) is 33.2. The first-order chi connectivity index (χ1) is 12.1. The van der Waals surface area contributed by atoms with Gasteiger partial charge in [-0.15, -0.1) is 11.3 Å². The van der Waals surface area contributed by atoms with Gasteiger partial charge in [-0.05, 0) is 55.5 Å². The van der Waals surface area contributed by atoms with Crippen molar-refractivity contribution in [2.75, 3.05) is 26.2 Å². The molecule has 1 N–H and O–H groups in total. The lowest BCUT2D eigenvalue weighted by Crippen LogP contribution is -2.51. The largest absolute Gasteiger partial charge is 0.350 e. The van der Waals surface area contributed by atoms with Crippen molar-refractivity contribution in [2.45, 2.75) is 32.1 Å². The highest BCUT2D eigenvalue weighted by molar-refractivity contribution is 7.17. The lowest BCUT2D eigenvalue weighted by molar-refractivity contribution is -0.145. The van der Waals surface area contributed by atoms with Crippen LogP contribution in [0.3, 0.4) is 0 Å². The minimum atomic E-state index is -0.327. The second-order valence-corrected chi connectivity index (χ2v) is 8.88. The van der Waals surface area contributed by atoms with Crippen molar-refractivity contribution >= 4 is 33.4 Å². The molecule has 5 nitrogen and oxygen atoms in total. The van der Waals surface area contributed by atoms with E-state index in [1.165, 1.54) is 12.8 Å². The van der Waals surface area contributed by atoms with Crippen LogP contribution in [-0.2, 0) is 4.79 Å². The van der Waals surface area contributed by atoms with Gasteiger partial charge in [0.2, 0.25) is 5.91 Å². The summed E-state index contributed by atoms with van der Waals surface area (Å²) >= 11 is 1.64. The fourth-order valence-corrected chi connectivity index (χ4v) is 5.28. The van der Waals surface area contributed by atoms with Gasteiger partial charge in [-0.2, -0.15) is 0 Å². The summed E-state index contributed by atoms with van der Waals surface area (Å²) in [6, 6.07) is 3.94. The Labute approximate surface area is 151 Å². The average molecular weight is 357 g/mol. The van der Waals surface area contributed by atoms with E-state index >= 15 is 0 Å². The molecule has 3 aliphatic rings. The summed E-state index contributed by atoms with van der Waals surface area (Å²) in [5.41, 5.74) is 1.34. The van der Waals surface area contributed by atoms with Crippen molar-refractivity contribution < 1.29 is 9.59 Å². The molecule has 2 saturated heterocycles. The lowest BCUT2D eigenvalue weighted by atomic mass is 9.78. The Hall–Kier alpha value is -1.82. The van der Waals surface area contributed by atoms with Crippen molar-refractivity contribution in [2.24, 2.45) is 11.3 Å². The third-order valence-corrected chi connectivity index (χ3v) is 6.97. The van der Waals surface area contributed by atoms with Crippen LogP contribution in [0.25, 0.3) is 10.2 Å². The summed E-state index contributed by atoms with van der Waals surface area (Å²) in [6.45, 7) is 3.10. The number of carbonyl (C=O) groups is 2. The number of carbonyl (C=O) groups excluding carboxylic acids is 2. The molecule has 4 heterocycles. The van der Waals surface area contributed by atoms with Gasteiger partial charge in [-0.1, -0.05) is 0 Å². The number of aromatic nitrogens is 1. The molecule has 0 bridgehead atoms.